The average Bonchev–Trinajstić information content (AvgIpc) is 3.11. The number of halogens is 1. The van der Waals surface area contributed by atoms with E-state index >= 15 is 0 Å². The summed E-state index contributed by atoms with van der Waals surface area (Å²) in [6.45, 7) is 0. The van der Waals surface area contributed by atoms with Crippen LogP contribution in [0.15, 0.2) is 66.7 Å². The van der Waals surface area contributed by atoms with Crippen molar-refractivity contribution < 1.29 is 19.0 Å². The molecule has 0 aliphatic rings. The molecule has 1 heterocycles. The SMILES string of the molecule is COc1ccc(-c2[nH]c3ccc(F)cc3c2CCC(=O)Nc2ccccc2O)cc1. The molecular weight excluding hydrogens is 383 g/mol. The van der Waals surface area contributed by atoms with Gasteiger partial charge in [-0.15, -0.1) is 0 Å². The average molecular weight is 404 g/mol. The lowest BCUT2D eigenvalue weighted by molar-refractivity contribution is -0.116. The van der Waals surface area contributed by atoms with Gasteiger partial charge in [-0.25, -0.2) is 4.39 Å². The third kappa shape index (κ3) is 3.98. The monoisotopic (exact) mass is 404 g/mol. The number of carbonyl (C=O) groups excluding carboxylic acids is 1. The number of aromatic nitrogens is 1. The van der Waals surface area contributed by atoms with E-state index in [4.69, 9.17) is 4.74 Å². The Labute approximate surface area is 173 Å². The molecule has 152 valence electrons. The van der Waals surface area contributed by atoms with Crippen LogP contribution in [0.4, 0.5) is 10.1 Å². The summed E-state index contributed by atoms with van der Waals surface area (Å²) in [6.07, 6.45) is 0.588. The second-order valence-corrected chi connectivity index (χ2v) is 6.96. The standard InChI is InChI=1S/C24H21FN2O3/c1-30-17-9-6-15(7-10-17)24-18(19-14-16(25)8-12-20(19)27-24)11-13-23(29)26-21-4-2-3-5-22(21)28/h2-10,12,14,27-28H,11,13H2,1H3,(H,26,29). The summed E-state index contributed by atoms with van der Waals surface area (Å²) in [4.78, 5) is 15.8. The molecule has 0 bridgehead atoms. The smallest absolute Gasteiger partial charge is 0.224 e. The Kier molecular flexibility index (Phi) is 5.39. The Morgan fingerprint density at radius 1 is 1.10 bits per heavy atom. The second kappa shape index (κ2) is 8.29. The molecule has 0 unspecified atom stereocenters. The van der Waals surface area contributed by atoms with Crippen molar-refractivity contribution in [1.82, 2.24) is 4.98 Å². The number of hydrogen-bond acceptors (Lipinski definition) is 3. The predicted octanol–water partition coefficient (Wildman–Crippen LogP) is 5.26. The van der Waals surface area contributed by atoms with Crippen LogP contribution >= 0.6 is 0 Å². The van der Waals surface area contributed by atoms with Gasteiger partial charge in [-0.1, -0.05) is 12.1 Å². The Morgan fingerprint density at radius 2 is 1.87 bits per heavy atom. The fraction of sp³-hybridized carbons (Fsp3) is 0.125. The number of phenols is 1. The third-order valence-electron chi connectivity index (χ3n) is 5.03. The summed E-state index contributed by atoms with van der Waals surface area (Å²) in [5.74, 6) is 0.189. The lowest BCUT2D eigenvalue weighted by Crippen LogP contribution is -2.12. The predicted molar refractivity (Wildman–Crippen MR) is 115 cm³/mol. The summed E-state index contributed by atoms with van der Waals surface area (Å²) >= 11 is 0. The van der Waals surface area contributed by atoms with Crippen LogP contribution in [0, 0.1) is 5.82 Å². The van der Waals surface area contributed by atoms with Crippen molar-refractivity contribution in [3.63, 3.8) is 0 Å². The van der Waals surface area contributed by atoms with E-state index in [1.54, 1.807) is 31.4 Å². The van der Waals surface area contributed by atoms with Crippen LogP contribution in [0.1, 0.15) is 12.0 Å². The molecule has 3 aromatic carbocycles. The normalized spacial score (nSPS) is 10.9. The van der Waals surface area contributed by atoms with Gasteiger partial charge in [0.05, 0.1) is 12.8 Å². The highest BCUT2D eigenvalue weighted by atomic mass is 19.1. The number of benzene rings is 3. The van der Waals surface area contributed by atoms with E-state index in [9.17, 15) is 14.3 Å². The van der Waals surface area contributed by atoms with Gasteiger partial charge in [0.1, 0.15) is 17.3 Å². The molecule has 1 amide bonds. The topological polar surface area (TPSA) is 74.4 Å². The van der Waals surface area contributed by atoms with Crippen molar-refractivity contribution in [2.75, 3.05) is 12.4 Å². The number of nitrogens with one attached hydrogen (secondary N) is 2. The minimum atomic E-state index is -0.331. The Hall–Kier alpha value is -3.80. The first-order chi connectivity index (χ1) is 14.5. The summed E-state index contributed by atoms with van der Waals surface area (Å²) in [7, 11) is 1.61. The molecular formula is C24H21FN2O3. The lowest BCUT2D eigenvalue weighted by atomic mass is 10.0. The van der Waals surface area contributed by atoms with Crippen molar-refractivity contribution in [3.8, 4) is 22.8 Å². The third-order valence-corrected chi connectivity index (χ3v) is 5.03. The van der Waals surface area contributed by atoms with E-state index in [1.807, 2.05) is 24.3 Å². The van der Waals surface area contributed by atoms with E-state index in [-0.39, 0.29) is 23.9 Å². The zero-order valence-corrected chi connectivity index (χ0v) is 16.4. The Morgan fingerprint density at radius 3 is 2.60 bits per heavy atom. The first-order valence-corrected chi connectivity index (χ1v) is 9.57. The van der Waals surface area contributed by atoms with Crippen molar-refractivity contribution >= 4 is 22.5 Å². The van der Waals surface area contributed by atoms with Crippen LogP contribution in [-0.2, 0) is 11.2 Å². The van der Waals surface area contributed by atoms with E-state index in [0.29, 0.717) is 12.1 Å². The first-order valence-electron chi connectivity index (χ1n) is 9.57. The van der Waals surface area contributed by atoms with Crippen molar-refractivity contribution in [1.29, 1.82) is 0 Å². The molecule has 0 saturated carbocycles. The number of H-pyrrole nitrogens is 1. The number of ether oxygens (including phenoxy) is 1. The molecule has 0 radical (unpaired) electrons. The molecule has 30 heavy (non-hydrogen) atoms. The molecule has 1 aromatic heterocycles. The molecule has 0 aliphatic carbocycles. The van der Waals surface area contributed by atoms with Gasteiger partial charge in [-0.2, -0.15) is 0 Å². The second-order valence-electron chi connectivity index (χ2n) is 6.96. The van der Waals surface area contributed by atoms with Gasteiger partial charge < -0.3 is 20.1 Å². The molecule has 3 N–H and O–H groups in total. The minimum Gasteiger partial charge on any atom is -0.506 e. The van der Waals surface area contributed by atoms with E-state index in [0.717, 1.165) is 33.5 Å². The zero-order chi connectivity index (χ0) is 21.1. The number of aromatic amines is 1. The number of fused-ring (bicyclic) bond motifs is 1. The van der Waals surface area contributed by atoms with Crippen LogP contribution in [0.5, 0.6) is 11.5 Å². The van der Waals surface area contributed by atoms with Gasteiger partial charge in [0.15, 0.2) is 0 Å². The molecule has 4 rings (SSSR count). The fourth-order valence-electron chi connectivity index (χ4n) is 3.51. The van der Waals surface area contributed by atoms with Crippen LogP contribution < -0.4 is 10.1 Å². The largest absolute Gasteiger partial charge is 0.506 e. The summed E-state index contributed by atoms with van der Waals surface area (Å²) < 4.78 is 19.1. The number of carbonyl (C=O) groups is 1. The highest BCUT2D eigenvalue weighted by Gasteiger charge is 2.16. The van der Waals surface area contributed by atoms with Crippen LogP contribution in [0.3, 0.4) is 0 Å². The number of hydrogen-bond donors (Lipinski definition) is 3. The van der Waals surface area contributed by atoms with Crippen molar-refractivity contribution in [2.45, 2.75) is 12.8 Å². The molecule has 4 aromatic rings. The number of aromatic hydroxyl groups is 1. The van der Waals surface area contributed by atoms with Crippen LogP contribution in [0.2, 0.25) is 0 Å². The van der Waals surface area contributed by atoms with Crippen molar-refractivity contribution in [3.05, 3.63) is 78.1 Å². The number of anilines is 1. The maximum absolute atomic E-state index is 13.9. The molecule has 0 atom stereocenters. The molecule has 0 spiro atoms. The van der Waals surface area contributed by atoms with E-state index < -0.39 is 0 Å². The summed E-state index contributed by atoms with van der Waals surface area (Å²) in [5.41, 5.74) is 3.79. The van der Waals surface area contributed by atoms with Crippen LogP contribution in [-0.4, -0.2) is 23.1 Å². The molecule has 5 nitrogen and oxygen atoms in total. The van der Waals surface area contributed by atoms with Gasteiger partial charge in [0, 0.05) is 23.0 Å². The van der Waals surface area contributed by atoms with Gasteiger partial charge >= 0.3 is 0 Å². The fourth-order valence-corrected chi connectivity index (χ4v) is 3.51. The van der Waals surface area contributed by atoms with Gasteiger partial charge in [-0.05, 0) is 72.1 Å². The first kappa shape index (κ1) is 19.5. The maximum Gasteiger partial charge on any atom is 0.224 e. The van der Waals surface area contributed by atoms with Crippen LogP contribution in [0.25, 0.3) is 22.2 Å². The number of para-hydroxylation sites is 2. The highest BCUT2D eigenvalue weighted by molar-refractivity contribution is 5.94. The molecule has 0 fully saturated rings. The molecule has 0 aliphatic heterocycles. The number of amides is 1. The number of aryl methyl sites for hydroxylation is 1. The van der Waals surface area contributed by atoms with Gasteiger partial charge in [-0.3, -0.25) is 4.79 Å². The Balaban J connectivity index is 1.63. The van der Waals surface area contributed by atoms with E-state index in [2.05, 4.69) is 10.3 Å². The highest BCUT2D eigenvalue weighted by Crippen LogP contribution is 2.33. The number of phenolic OH excluding ortho intramolecular Hbond substituents is 1. The quantitative estimate of drug-likeness (QED) is 0.384. The van der Waals surface area contributed by atoms with Gasteiger partial charge in [0.25, 0.3) is 0 Å². The molecule has 6 heteroatoms. The zero-order valence-electron chi connectivity index (χ0n) is 16.4. The summed E-state index contributed by atoms with van der Waals surface area (Å²) in [6, 6.07) is 18.7. The maximum atomic E-state index is 13.9. The summed E-state index contributed by atoms with van der Waals surface area (Å²) in [5, 5.41) is 13.3. The number of rotatable bonds is 6. The Bertz CT molecular complexity index is 1200. The van der Waals surface area contributed by atoms with Gasteiger partial charge in [0.2, 0.25) is 5.91 Å². The van der Waals surface area contributed by atoms with E-state index in [1.165, 1.54) is 18.2 Å². The molecule has 0 saturated heterocycles. The number of methoxy groups -OCH3 is 1. The van der Waals surface area contributed by atoms with Crippen molar-refractivity contribution in [2.24, 2.45) is 0 Å². The minimum absolute atomic E-state index is 0.0129. The lowest BCUT2D eigenvalue weighted by Gasteiger charge is -2.09.